The standard InChI is InChI=1S/C20H24N2O2S/c1-3-17(23)22-20-18(15-10-5-4-6-11-16(15)25-20)19(24)21-14-9-7-8-13(2)12-14/h7-9,12H,3-6,10-11H2,1-2H3,(H,21,24)(H,22,23). The number of amides is 2. The molecule has 2 amide bonds. The normalized spacial score (nSPS) is 13.7. The van der Waals surface area contributed by atoms with E-state index in [1.807, 2.05) is 38.1 Å². The number of hydrogen-bond acceptors (Lipinski definition) is 3. The Balaban J connectivity index is 1.95. The minimum Gasteiger partial charge on any atom is -0.322 e. The molecule has 25 heavy (non-hydrogen) atoms. The van der Waals surface area contributed by atoms with Gasteiger partial charge in [0.2, 0.25) is 5.91 Å². The fourth-order valence-corrected chi connectivity index (χ4v) is 4.51. The zero-order valence-corrected chi connectivity index (χ0v) is 15.6. The molecule has 2 N–H and O–H groups in total. The lowest BCUT2D eigenvalue weighted by molar-refractivity contribution is -0.115. The molecule has 0 bridgehead atoms. The number of aryl methyl sites for hydroxylation is 2. The smallest absolute Gasteiger partial charge is 0.258 e. The van der Waals surface area contributed by atoms with Crippen LogP contribution in [-0.2, 0) is 17.6 Å². The maximum atomic E-state index is 13.0. The Kier molecular flexibility index (Phi) is 5.53. The molecule has 0 fully saturated rings. The second-order valence-corrected chi connectivity index (χ2v) is 7.60. The molecular weight excluding hydrogens is 332 g/mol. The van der Waals surface area contributed by atoms with Crippen LogP contribution in [0.2, 0.25) is 0 Å². The zero-order chi connectivity index (χ0) is 17.8. The quantitative estimate of drug-likeness (QED) is 0.764. The predicted octanol–water partition coefficient (Wildman–Crippen LogP) is 4.93. The van der Waals surface area contributed by atoms with Gasteiger partial charge in [-0.1, -0.05) is 25.5 Å². The Labute approximate surface area is 152 Å². The SMILES string of the molecule is CCC(=O)Nc1sc2c(c1C(=O)Nc1cccc(C)c1)CCCCC2. The summed E-state index contributed by atoms with van der Waals surface area (Å²) < 4.78 is 0. The first kappa shape index (κ1) is 17.7. The second-order valence-electron chi connectivity index (χ2n) is 6.49. The first-order chi connectivity index (χ1) is 12.1. The minimum atomic E-state index is -0.128. The van der Waals surface area contributed by atoms with Crippen LogP contribution in [-0.4, -0.2) is 11.8 Å². The van der Waals surface area contributed by atoms with Crippen molar-refractivity contribution >= 4 is 33.8 Å². The van der Waals surface area contributed by atoms with Gasteiger partial charge in [-0.2, -0.15) is 0 Å². The lowest BCUT2D eigenvalue weighted by Gasteiger charge is -2.10. The van der Waals surface area contributed by atoms with E-state index >= 15 is 0 Å². The number of hydrogen-bond donors (Lipinski definition) is 2. The van der Waals surface area contributed by atoms with Crippen LogP contribution in [0.4, 0.5) is 10.7 Å². The molecule has 2 aromatic rings. The van der Waals surface area contributed by atoms with Crippen LogP contribution < -0.4 is 10.6 Å². The van der Waals surface area contributed by atoms with Crippen LogP contribution in [0.1, 0.15) is 59.0 Å². The lowest BCUT2D eigenvalue weighted by atomic mass is 10.0. The van der Waals surface area contributed by atoms with Crippen LogP contribution in [0.5, 0.6) is 0 Å². The fourth-order valence-electron chi connectivity index (χ4n) is 3.20. The third-order valence-electron chi connectivity index (χ3n) is 4.50. The maximum Gasteiger partial charge on any atom is 0.258 e. The lowest BCUT2D eigenvalue weighted by Crippen LogP contribution is -2.17. The zero-order valence-electron chi connectivity index (χ0n) is 14.8. The minimum absolute atomic E-state index is 0.0546. The molecule has 4 nitrogen and oxygen atoms in total. The number of rotatable bonds is 4. The Morgan fingerprint density at radius 2 is 1.92 bits per heavy atom. The molecule has 1 aromatic carbocycles. The third-order valence-corrected chi connectivity index (χ3v) is 5.71. The van der Waals surface area contributed by atoms with Crippen molar-refractivity contribution in [2.75, 3.05) is 10.6 Å². The monoisotopic (exact) mass is 356 g/mol. The van der Waals surface area contributed by atoms with Gasteiger partial charge in [0, 0.05) is 17.0 Å². The third kappa shape index (κ3) is 4.10. The van der Waals surface area contributed by atoms with Gasteiger partial charge < -0.3 is 10.6 Å². The second kappa shape index (κ2) is 7.83. The van der Waals surface area contributed by atoms with Crippen LogP contribution >= 0.6 is 11.3 Å². The first-order valence-corrected chi connectivity index (χ1v) is 9.72. The number of fused-ring (bicyclic) bond motifs is 1. The Morgan fingerprint density at radius 1 is 1.12 bits per heavy atom. The number of carbonyl (C=O) groups excluding carboxylic acids is 2. The van der Waals surface area contributed by atoms with E-state index < -0.39 is 0 Å². The summed E-state index contributed by atoms with van der Waals surface area (Å²) >= 11 is 1.57. The molecule has 1 aromatic heterocycles. The van der Waals surface area contributed by atoms with Crippen molar-refractivity contribution in [3.05, 3.63) is 45.8 Å². The van der Waals surface area contributed by atoms with Crippen molar-refractivity contribution < 1.29 is 9.59 Å². The van der Waals surface area contributed by atoms with Crippen molar-refractivity contribution in [3.8, 4) is 0 Å². The summed E-state index contributed by atoms with van der Waals surface area (Å²) in [4.78, 5) is 26.2. The van der Waals surface area contributed by atoms with E-state index in [4.69, 9.17) is 0 Å². The van der Waals surface area contributed by atoms with Gasteiger partial charge in [-0.3, -0.25) is 9.59 Å². The Morgan fingerprint density at radius 3 is 2.68 bits per heavy atom. The van der Waals surface area contributed by atoms with Crippen LogP contribution in [0.3, 0.4) is 0 Å². The molecule has 1 aliphatic carbocycles. The molecule has 0 saturated heterocycles. The van der Waals surface area contributed by atoms with Crippen molar-refractivity contribution in [1.29, 1.82) is 0 Å². The largest absolute Gasteiger partial charge is 0.322 e. The summed E-state index contributed by atoms with van der Waals surface area (Å²) in [6.45, 7) is 3.82. The van der Waals surface area contributed by atoms with E-state index in [-0.39, 0.29) is 11.8 Å². The van der Waals surface area contributed by atoms with Crippen molar-refractivity contribution in [2.45, 2.75) is 52.4 Å². The highest BCUT2D eigenvalue weighted by Gasteiger charge is 2.25. The molecule has 1 heterocycles. The molecular formula is C20H24N2O2S. The van der Waals surface area contributed by atoms with Gasteiger partial charge in [0.15, 0.2) is 0 Å². The molecule has 132 valence electrons. The summed E-state index contributed by atoms with van der Waals surface area (Å²) in [6.07, 6.45) is 5.73. The first-order valence-electron chi connectivity index (χ1n) is 8.91. The van der Waals surface area contributed by atoms with Gasteiger partial charge in [-0.15, -0.1) is 11.3 Å². The molecule has 1 aliphatic rings. The Bertz CT molecular complexity index is 795. The van der Waals surface area contributed by atoms with E-state index in [0.717, 1.165) is 42.5 Å². The van der Waals surface area contributed by atoms with Crippen molar-refractivity contribution in [1.82, 2.24) is 0 Å². The molecule has 0 aliphatic heterocycles. The van der Waals surface area contributed by atoms with Crippen molar-refractivity contribution in [3.63, 3.8) is 0 Å². The highest BCUT2D eigenvalue weighted by Crippen LogP contribution is 2.38. The number of carbonyl (C=O) groups is 2. The highest BCUT2D eigenvalue weighted by molar-refractivity contribution is 7.17. The highest BCUT2D eigenvalue weighted by atomic mass is 32.1. The van der Waals surface area contributed by atoms with Crippen molar-refractivity contribution in [2.24, 2.45) is 0 Å². The predicted molar refractivity (Wildman–Crippen MR) is 104 cm³/mol. The number of thiophene rings is 1. The molecule has 0 spiro atoms. The molecule has 5 heteroatoms. The topological polar surface area (TPSA) is 58.2 Å². The van der Waals surface area contributed by atoms with E-state index in [1.54, 1.807) is 11.3 Å². The molecule has 3 rings (SSSR count). The van der Waals surface area contributed by atoms with Gasteiger partial charge in [0.1, 0.15) is 5.00 Å². The average Bonchev–Trinajstić information content (AvgIpc) is 2.75. The summed E-state index contributed by atoms with van der Waals surface area (Å²) in [7, 11) is 0. The van der Waals surface area contributed by atoms with E-state index in [0.29, 0.717) is 17.0 Å². The van der Waals surface area contributed by atoms with E-state index in [1.165, 1.54) is 11.3 Å². The summed E-state index contributed by atoms with van der Waals surface area (Å²) in [5.41, 5.74) is 3.66. The van der Waals surface area contributed by atoms with E-state index in [2.05, 4.69) is 10.6 Å². The van der Waals surface area contributed by atoms with E-state index in [9.17, 15) is 9.59 Å². The average molecular weight is 356 g/mol. The maximum absolute atomic E-state index is 13.0. The summed E-state index contributed by atoms with van der Waals surface area (Å²) in [6, 6.07) is 7.77. The molecule has 0 radical (unpaired) electrons. The number of nitrogens with one attached hydrogen (secondary N) is 2. The summed E-state index contributed by atoms with van der Waals surface area (Å²) in [5.74, 6) is -0.183. The van der Waals surface area contributed by atoms with Gasteiger partial charge in [0.05, 0.1) is 5.56 Å². The van der Waals surface area contributed by atoms with Gasteiger partial charge in [-0.05, 0) is 55.9 Å². The van der Waals surface area contributed by atoms with Gasteiger partial charge in [-0.25, -0.2) is 0 Å². The van der Waals surface area contributed by atoms with Gasteiger partial charge in [0.25, 0.3) is 5.91 Å². The number of benzene rings is 1. The number of anilines is 2. The van der Waals surface area contributed by atoms with Gasteiger partial charge >= 0.3 is 0 Å². The van der Waals surface area contributed by atoms with Crippen LogP contribution in [0, 0.1) is 6.92 Å². The Hall–Kier alpha value is -2.14. The van der Waals surface area contributed by atoms with Crippen LogP contribution in [0.15, 0.2) is 24.3 Å². The molecule has 0 saturated carbocycles. The molecule has 0 atom stereocenters. The summed E-state index contributed by atoms with van der Waals surface area (Å²) in [5, 5.41) is 6.64. The fraction of sp³-hybridized carbons (Fsp3) is 0.400. The molecule has 0 unspecified atom stereocenters. The van der Waals surface area contributed by atoms with Crippen LogP contribution in [0.25, 0.3) is 0 Å².